The molecule has 1 aromatic heterocycles. The van der Waals surface area contributed by atoms with Crippen LogP contribution in [-0.2, 0) is 0 Å². The summed E-state index contributed by atoms with van der Waals surface area (Å²) in [5.41, 5.74) is 1.57. The largest absolute Gasteiger partial charge is 0.305 e. The van der Waals surface area contributed by atoms with Gasteiger partial charge in [0.2, 0.25) is 0 Å². The molecule has 2 saturated heterocycles. The van der Waals surface area contributed by atoms with Crippen molar-refractivity contribution in [2.45, 2.75) is 60.2 Å². The highest BCUT2D eigenvalue weighted by atomic mass is 32.2. The van der Waals surface area contributed by atoms with Crippen LogP contribution in [-0.4, -0.2) is 35.3 Å². The maximum atomic E-state index is 4.01. The monoisotopic (exact) mass is 294 g/mol. The first-order valence-electron chi connectivity index (χ1n) is 7.55. The summed E-state index contributed by atoms with van der Waals surface area (Å²) in [6, 6.07) is 4.50. The smallest absolute Gasteiger partial charge is 0.0649 e. The molecule has 3 unspecified atom stereocenters. The van der Waals surface area contributed by atoms with Gasteiger partial charge in [0.15, 0.2) is 0 Å². The molecule has 1 aromatic rings. The van der Waals surface area contributed by atoms with Gasteiger partial charge in [-0.2, -0.15) is 0 Å². The lowest BCUT2D eigenvalue weighted by atomic mass is 10.00. The third-order valence-corrected chi connectivity index (χ3v) is 7.27. The van der Waals surface area contributed by atoms with E-state index in [2.05, 4.69) is 40.3 Å². The van der Waals surface area contributed by atoms with Crippen LogP contribution in [0.5, 0.6) is 0 Å². The van der Waals surface area contributed by atoms with Crippen LogP contribution in [0.3, 0.4) is 0 Å². The van der Waals surface area contributed by atoms with Gasteiger partial charge in [-0.15, -0.1) is 23.1 Å². The zero-order valence-corrected chi connectivity index (χ0v) is 13.1. The van der Waals surface area contributed by atoms with Gasteiger partial charge < -0.3 is 5.32 Å². The standard InChI is InChI=1S/C15H22N2S2/c1-10-9-13(11-5-8-18-15(11)19-10)16-12-4-7-17-6-2-3-14(12)17/h5,8,10,12-14,16H,2-4,6-7,9H2,1H3/t10-,12?,13?,14?/m0/s1. The molecule has 0 radical (unpaired) electrons. The molecular weight excluding hydrogens is 272 g/mol. The van der Waals surface area contributed by atoms with E-state index >= 15 is 0 Å². The highest BCUT2D eigenvalue weighted by molar-refractivity contribution is 8.01. The van der Waals surface area contributed by atoms with Crippen LogP contribution in [0.15, 0.2) is 15.7 Å². The molecule has 2 nitrogen and oxygen atoms in total. The molecule has 3 aliphatic rings. The lowest BCUT2D eigenvalue weighted by Crippen LogP contribution is -2.42. The van der Waals surface area contributed by atoms with Crippen molar-refractivity contribution in [1.29, 1.82) is 0 Å². The van der Waals surface area contributed by atoms with Gasteiger partial charge in [0, 0.05) is 29.9 Å². The number of nitrogens with one attached hydrogen (secondary N) is 1. The van der Waals surface area contributed by atoms with E-state index in [0.29, 0.717) is 6.04 Å². The predicted molar refractivity (Wildman–Crippen MR) is 83.1 cm³/mol. The minimum Gasteiger partial charge on any atom is -0.305 e. The summed E-state index contributed by atoms with van der Waals surface area (Å²) in [4.78, 5) is 2.70. The first kappa shape index (κ1) is 12.7. The Morgan fingerprint density at radius 2 is 2.26 bits per heavy atom. The number of thioether (sulfide) groups is 1. The van der Waals surface area contributed by atoms with E-state index in [0.717, 1.165) is 17.3 Å². The van der Waals surface area contributed by atoms with E-state index in [1.165, 1.54) is 38.8 Å². The molecule has 1 N–H and O–H groups in total. The SMILES string of the molecule is C[C@H]1CC(NC2CCN3CCCC23)c2ccsc2S1. The molecule has 104 valence electrons. The molecule has 0 amide bonds. The zero-order valence-electron chi connectivity index (χ0n) is 11.5. The van der Waals surface area contributed by atoms with Crippen molar-refractivity contribution in [3.63, 3.8) is 0 Å². The van der Waals surface area contributed by atoms with Crippen LogP contribution < -0.4 is 5.32 Å². The van der Waals surface area contributed by atoms with Crippen molar-refractivity contribution in [2.75, 3.05) is 13.1 Å². The Morgan fingerprint density at radius 1 is 1.32 bits per heavy atom. The van der Waals surface area contributed by atoms with Crippen LogP contribution in [0.2, 0.25) is 0 Å². The topological polar surface area (TPSA) is 15.3 Å². The summed E-state index contributed by atoms with van der Waals surface area (Å²) in [5, 5.41) is 7.03. The maximum absolute atomic E-state index is 4.01. The van der Waals surface area contributed by atoms with Crippen molar-refractivity contribution in [1.82, 2.24) is 10.2 Å². The molecule has 0 bridgehead atoms. The van der Waals surface area contributed by atoms with Gasteiger partial charge in [0.05, 0.1) is 4.21 Å². The minimum atomic E-state index is 0.600. The summed E-state index contributed by atoms with van der Waals surface area (Å²) in [6.07, 6.45) is 5.45. The Hall–Kier alpha value is -0.0300. The number of fused-ring (bicyclic) bond motifs is 2. The minimum absolute atomic E-state index is 0.600. The summed E-state index contributed by atoms with van der Waals surface area (Å²) >= 11 is 3.99. The second-order valence-corrected chi connectivity index (χ2v) is 8.81. The summed E-state index contributed by atoms with van der Waals surface area (Å²) in [7, 11) is 0. The Kier molecular flexibility index (Phi) is 3.38. The fraction of sp³-hybridized carbons (Fsp3) is 0.733. The van der Waals surface area contributed by atoms with Crippen LogP contribution >= 0.6 is 23.1 Å². The Labute approximate surface area is 124 Å². The molecule has 0 saturated carbocycles. The number of hydrogen-bond donors (Lipinski definition) is 1. The average Bonchev–Trinajstić information content (AvgIpc) is 3.05. The summed E-state index contributed by atoms with van der Waals surface area (Å²) in [5.74, 6) is 0. The van der Waals surface area contributed by atoms with Crippen molar-refractivity contribution >= 4 is 23.1 Å². The van der Waals surface area contributed by atoms with Crippen molar-refractivity contribution in [3.05, 3.63) is 17.0 Å². The second-order valence-electron chi connectivity index (χ2n) is 6.19. The lowest BCUT2D eigenvalue weighted by Gasteiger charge is -2.32. The molecular formula is C15H22N2S2. The van der Waals surface area contributed by atoms with Crippen molar-refractivity contribution in [2.24, 2.45) is 0 Å². The Bertz CT molecular complexity index is 459. The van der Waals surface area contributed by atoms with Gasteiger partial charge in [-0.25, -0.2) is 0 Å². The van der Waals surface area contributed by atoms with Gasteiger partial charge >= 0.3 is 0 Å². The summed E-state index contributed by atoms with van der Waals surface area (Å²) < 4.78 is 1.55. The molecule has 2 fully saturated rings. The van der Waals surface area contributed by atoms with Gasteiger partial charge in [0.25, 0.3) is 0 Å². The molecule has 4 heteroatoms. The fourth-order valence-corrected chi connectivity index (χ4v) is 6.61. The molecule has 19 heavy (non-hydrogen) atoms. The first-order valence-corrected chi connectivity index (χ1v) is 9.31. The molecule has 4 atom stereocenters. The molecule has 0 aromatic carbocycles. The maximum Gasteiger partial charge on any atom is 0.0649 e. The molecule has 0 aliphatic carbocycles. The Balaban J connectivity index is 1.51. The highest BCUT2D eigenvalue weighted by Crippen LogP contribution is 2.44. The number of rotatable bonds is 2. The van der Waals surface area contributed by atoms with E-state index in [4.69, 9.17) is 0 Å². The van der Waals surface area contributed by atoms with E-state index in [9.17, 15) is 0 Å². The van der Waals surface area contributed by atoms with E-state index in [1.807, 2.05) is 11.3 Å². The first-order chi connectivity index (χ1) is 9.31. The quantitative estimate of drug-likeness (QED) is 0.899. The molecule has 4 rings (SSSR count). The normalized spacial score (nSPS) is 38.4. The predicted octanol–water partition coefficient (Wildman–Crippen LogP) is 3.50. The van der Waals surface area contributed by atoms with Crippen LogP contribution in [0.25, 0.3) is 0 Å². The second kappa shape index (κ2) is 5.06. The van der Waals surface area contributed by atoms with Crippen LogP contribution in [0.4, 0.5) is 0 Å². The zero-order chi connectivity index (χ0) is 12.8. The van der Waals surface area contributed by atoms with Crippen molar-refractivity contribution < 1.29 is 0 Å². The molecule has 3 aliphatic heterocycles. The van der Waals surface area contributed by atoms with Crippen LogP contribution in [0, 0.1) is 0 Å². The Morgan fingerprint density at radius 3 is 3.21 bits per heavy atom. The molecule has 0 spiro atoms. The number of nitrogens with zero attached hydrogens (tertiary/aromatic N) is 1. The summed E-state index contributed by atoms with van der Waals surface area (Å²) in [6.45, 7) is 5.03. The van der Waals surface area contributed by atoms with Gasteiger partial charge in [0.1, 0.15) is 0 Å². The third kappa shape index (κ3) is 2.27. The van der Waals surface area contributed by atoms with Crippen LogP contribution in [0.1, 0.15) is 44.2 Å². The third-order valence-electron chi connectivity index (χ3n) is 4.93. The van der Waals surface area contributed by atoms with Crippen molar-refractivity contribution in [3.8, 4) is 0 Å². The lowest BCUT2D eigenvalue weighted by molar-refractivity contribution is 0.285. The highest BCUT2D eigenvalue weighted by Gasteiger charge is 2.39. The fourth-order valence-electron chi connectivity index (χ4n) is 4.04. The number of hydrogen-bond acceptors (Lipinski definition) is 4. The van der Waals surface area contributed by atoms with Gasteiger partial charge in [-0.1, -0.05) is 6.92 Å². The van der Waals surface area contributed by atoms with E-state index < -0.39 is 0 Å². The van der Waals surface area contributed by atoms with Gasteiger partial charge in [-0.3, -0.25) is 4.90 Å². The number of thiophene rings is 1. The van der Waals surface area contributed by atoms with E-state index in [-0.39, 0.29) is 0 Å². The average molecular weight is 294 g/mol. The van der Waals surface area contributed by atoms with Gasteiger partial charge in [-0.05, 0) is 49.2 Å². The van der Waals surface area contributed by atoms with E-state index in [1.54, 1.807) is 9.77 Å². The molecule has 4 heterocycles.